The van der Waals surface area contributed by atoms with Crippen LogP contribution in [0.2, 0.25) is 0 Å². The minimum Gasteiger partial charge on any atom is -0.480 e. The number of likely N-dealkylation sites (N-methyl/N-ethyl adjacent to an activating group) is 1. The molecule has 5 nitrogen and oxygen atoms in total. The van der Waals surface area contributed by atoms with Crippen LogP contribution in [-0.2, 0) is 11.3 Å². The first-order chi connectivity index (χ1) is 8.10. The highest BCUT2D eigenvalue weighted by Gasteiger charge is 2.21. The highest BCUT2D eigenvalue weighted by Crippen LogP contribution is 2.11. The molecule has 0 aliphatic heterocycles. The van der Waals surface area contributed by atoms with Crippen LogP contribution in [0.1, 0.15) is 24.6 Å². The molecule has 0 fully saturated rings. The van der Waals surface area contributed by atoms with Crippen molar-refractivity contribution in [3.8, 4) is 6.07 Å². The van der Waals surface area contributed by atoms with Gasteiger partial charge in [-0.05, 0) is 19.5 Å². The Balaban J connectivity index is 2.84. The highest BCUT2D eigenvalue weighted by molar-refractivity contribution is 5.73. The average molecular weight is 233 g/mol. The van der Waals surface area contributed by atoms with Gasteiger partial charge in [0.05, 0.1) is 0 Å². The maximum atomic E-state index is 11.0. The van der Waals surface area contributed by atoms with Crippen LogP contribution in [0.15, 0.2) is 18.3 Å². The number of aliphatic carboxylic acids is 1. The van der Waals surface area contributed by atoms with Gasteiger partial charge in [-0.15, -0.1) is 0 Å². The van der Waals surface area contributed by atoms with Crippen molar-refractivity contribution in [2.75, 3.05) is 7.05 Å². The third-order valence-electron chi connectivity index (χ3n) is 2.62. The zero-order valence-electron chi connectivity index (χ0n) is 9.92. The van der Waals surface area contributed by atoms with Gasteiger partial charge in [0.15, 0.2) is 0 Å². The summed E-state index contributed by atoms with van der Waals surface area (Å²) >= 11 is 0. The van der Waals surface area contributed by atoms with Gasteiger partial charge in [0.1, 0.15) is 17.8 Å². The zero-order valence-corrected chi connectivity index (χ0v) is 9.92. The SMILES string of the molecule is CCC(C(=O)O)N(C)Cc1cccnc1C#N. The van der Waals surface area contributed by atoms with E-state index in [-0.39, 0.29) is 0 Å². The van der Waals surface area contributed by atoms with E-state index in [1.807, 2.05) is 13.0 Å². The molecule has 1 unspecified atom stereocenters. The van der Waals surface area contributed by atoms with Gasteiger partial charge in [0, 0.05) is 18.3 Å². The molecule has 0 aliphatic carbocycles. The van der Waals surface area contributed by atoms with E-state index in [4.69, 9.17) is 10.4 Å². The lowest BCUT2D eigenvalue weighted by Crippen LogP contribution is -2.37. The van der Waals surface area contributed by atoms with Crippen LogP contribution in [0.4, 0.5) is 0 Å². The number of hydrogen-bond acceptors (Lipinski definition) is 4. The molecule has 1 N–H and O–H groups in total. The molecule has 0 saturated carbocycles. The third-order valence-corrected chi connectivity index (χ3v) is 2.62. The molecule has 1 rings (SSSR count). The molecule has 1 aromatic heterocycles. The maximum Gasteiger partial charge on any atom is 0.320 e. The molecule has 1 heterocycles. The van der Waals surface area contributed by atoms with Gasteiger partial charge in [0.25, 0.3) is 0 Å². The Labute approximate surface area is 100 Å². The second-order valence-corrected chi connectivity index (χ2v) is 3.80. The summed E-state index contributed by atoms with van der Waals surface area (Å²) in [7, 11) is 1.73. The van der Waals surface area contributed by atoms with Crippen molar-refractivity contribution in [2.24, 2.45) is 0 Å². The normalized spacial score (nSPS) is 12.1. The van der Waals surface area contributed by atoms with Gasteiger partial charge in [-0.1, -0.05) is 13.0 Å². The Bertz CT molecular complexity index is 440. The number of hydrogen-bond donors (Lipinski definition) is 1. The summed E-state index contributed by atoms with van der Waals surface area (Å²) in [6.45, 7) is 2.23. The third kappa shape index (κ3) is 3.26. The van der Waals surface area contributed by atoms with Crippen LogP contribution in [0.5, 0.6) is 0 Å². The van der Waals surface area contributed by atoms with Crippen molar-refractivity contribution < 1.29 is 9.90 Å². The standard InChI is InChI=1S/C12H15N3O2/c1-3-11(12(16)17)15(2)8-9-5-4-6-14-10(9)7-13/h4-6,11H,3,8H2,1-2H3,(H,16,17). The molecule has 0 saturated heterocycles. The van der Waals surface area contributed by atoms with E-state index < -0.39 is 12.0 Å². The Morgan fingerprint density at radius 1 is 1.71 bits per heavy atom. The predicted molar refractivity (Wildman–Crippen MR) is 62.1 cm³/mol. The van der Waals surface area contributed by atoms with Crippen LogP contribution in [0.25, 0.3) is 0 Å². The van der Waals surface area contributed by atoms with Crippen LogP contribution in [0.3, 0.4) is 0 Å². The predicted octanol–water partition coefficient (Wildman–Crippen LogP) is 1.25. The average Bonchev–Trinajstić information content (AvgIpc) is 2.30. The van der Waals surface area contributed by atoms with Crippen LogP contribution in [-0.4, -0.2) is 34.0 Å². The first kappa shape index (κ1) is 13.1. The summed E-state index contributed by atoms with van der Waals surface area (Å²) in [5, 5.41) is 17.9. The number of pyridine rings is 1. The molecule has 0 bridgehead atoms. The van der Waals surface area contributed by atoms with E-state index in [2.05, 4.69) is 4.98 Å². The molecule has 5 heteroatoms. The number of nitriles is 1. The van der Waals surface area contributed by atoms with Crippen LogP contribution >= 0.6 is 0 Å². The zero-order chi connectivity index (χ0) is 12.8. The van der Waals surface area contributed by atoms with E-state index >= 15 is 0 Å². The summed E-state index contributed by atoms with van der Waals surface area (Å²) in [4.78, 5) is 16.6. The minimum absolute atomic E-state index is 0.347. The Kier molecular flexibility index (Phi) is 4.61. The van der Waals surface area contributed by atoms with Gasteiger partial charge in [0.2, 0.25) is 0 Å². The largest absolute Gasteiger partial charge is 0.480 e. The van der Waals surface area contributed by atoms with Gasteiger partial charge >= 0.3 is 5.97 Å². The number of aromatic nitrogens is 1. The van der Waals surface area contributed by atoms with E-state index in [1.54, 1.807) is 30.3 Å². The maximum absolute atomic E-state index is 11.0. The summed E-state index contributed by atoms with van der Waals surface area (Å²) in [6.07, 6.45) is 2.07. The first-order valence-electron chi connectivity index (χ1n) is 5.37. The van der Waals surface area contributed by atoms with Crippen molar-refractivity contribution in [3.63, 3.8) is 0 Å². The fourth-order valence-corrected chi connectivity index (χ4v) is 1.72. The van der Waals surface area contributed by atoms with Crippen molar-refractivity contribution in [2.45, 2.75) is 25.9 Å². The molecule has 0 spiro atoms. The number of carbonyl (C=O) groups is 1. The molecule has 1 atom stereocenters. The molecule has 0 aliphatic rings. The second-order valence-electron chi connectivity index (χ2n) is 3.80. The van der Waals surface area contributed by atoms with Crippen LogP contribution in [0, 0.1) is 11.3 Å². The molecule has 1 aromatic rings. The second kappa shape index (κ2) is 5.97. The minimum atomic E-state index is -0.850. The molecule has 0 amide bonds. The molecule has 0 aromatic carbocycles. The summed E-state index contributed by atoms with van der Waals surface area (Å²) < 4.78 is 0. The Morgan fingerprint density at radius 3 is 2.94 bits per heavy atom. The van der Waals surface area contributed by atoms with Crippen LogP contribution < -0.4 is 0 Å². The molecular formula is C12H15N3O2. The number of carboxylic acid groups (broad SMARTS) is 1. The fourth-order valence-electron chi connectivity index (χ4n) is 1.72. The van der Waals surface area contributed by atoms with Crippen molar-refractivity contribution >= 4 is 5.97 Å². The van der Waals surface area contributed by atoms with Gasteiger partial charge in [-0.3, -0.25) is 9.69 Å². The summed E-state index contributed by atoms with van der Waals surface area (Å²) in [6, 6.07) is 4.99. The lowest BCUT2D eigenvalue weighted by molar-refractivity contribution is -0.143. The Morgan fingerprint density at radius 2 is 2.41 bits per heavy atom. The van der Waals surface area contributed by atoms with Crippen molar-refractivity contribution in [3.05, 3.63) is 29.6 Å². The number of nitrogens with zero attached hydrogens (tertiary/aromatic N) is 3. The van der Waals surface area contributed by atoms with E-state index in [9.17, 15) is 4.79 Å². The number of carboxylic acids is 1. The van der Waals surface area contributed by atoms with E-state index in [0.717, 1.165) is 5.56 Å². The lowest BCUT2D eigenvalue weighted by Gasteiger charge is -2.23. The Hall–Kier alpha value is -1.93. The van der Waals surface area contributed by atoms with E-state index in [0.29, 0.717) is 18.7 Å². The fraction of sp³-hybridized carbons (Fsp3) is 0.417. The molecule has 0 radical (unpaired) electrons. The van der Waals surface area contributed by atoms with E-state index in [1.165, 1.54) is 0 Å². The van der Waals surface area contributed by atoms with Crippen molar-refractivity contribution in [1.29, 1.82) is 5.26 Å². The molecule has 90 valence electrons. The van der Waals surface area contributed by atoms with Gasteiger partial charge in [-0.2, -0.15) is 5.26 Å². The topological polar surface area (TPSA) is 77.2 Å². The molecular weight excluding hydrogens is 218 g/mol. The van der Waals surface area contributed by atoms with Gasteiger partial charge in [-0.25, -0.2) is 4.98 Å². The quantitative estimate of drug-likeness (QED) is 0.828. The highest BCUT2D eigenvalue weighted by atomic mass is 16.4. The first-order valence-corrected chi connectivity index (χ1v) is 5.37. The van der Waals surface area contributed by atoms with Crippen molar-refractivity contribution in [1.82, 2.24) is 9.88 Å². The summed E-state index contributed by atoms with van der Waals surface area (Å²) in [5.74, 6) is -0.850. The van der Waals surface area contributed by atoms with Gasteiger partial charge < -0.3 is 5.11 Å². The number of rotatable bonds is 5. The molecule has 17 heavy (non-hydrogen) atoms. The monoisotopic (exact) mass is 233 g/mol. The smallest absolute Gasteiger partial charge is 0.320 e. The lowest BCUT2D eigenvalue weighted by atomic mass is 10.1. The summed E-state index contributed by atoms with van der Waals surface area (Å²) in [5.41, 5.74) is 1.09.